The Kier molecular flexibility index (Phi) is 21.0. The molecule has 1 aromatic carbocycles. The number of nitrogens with zero attached hydrogens (tertiary/aromatic N) is 1. The molecule has 262 valence electrons. The summed E-state index contributed by atoms with van der Waals surface area (Å²) in [6.07, 6.45) is 8.70. The van der Waals surface area contributed by atoms with Gasteiger partial charge >= 0.3 is 23.9 Å². The van der Waals surface area contributed by atoms with Crippen LogP contribution in [0.15, 0.2) is 24.3 Å². The molecular formula is C35H55ClNO9-. The zero-order valence-corrected chi connectivity index (χ0v) is 29.2. The Morgan fingerprint density at radius 2 is 1.02 bits per heavy atom. The molecular weight excluding hydrogens is 614 g/mol. The van der Waals surface area contributed by atoms with E-state index in [-0.39, 0.29) is 48.4 Å². The summed E-state index contributed by atoms with van der Waals surface area (Å²) in [4.78, 5) is 49.3. The van der Waals surface area contributed by atoms with Crippen molar-refractivity contribution in [2.75, 3.05) is 33.5 Å². The summed E-state index contributed by atoms with van der Waals surface area (Å²) in [5.74, 6) is 0.967. The molecule has 0 aromatic heterocycles. The highest BCUT2D eigenvalue weighted by molar-refractivity contribution is 5.71. The lowest BCUT2D eigenvalue weighted by Gasteiger charge is -2.41. The van der Waals surface area contributed by atoms with Crippen molar-refractivity contribution in [2.45, 2.75) is 117 Å². The van der Waals surface area contributed by atoms with E-state index in [1.807, 2.05) is 52.0 Å². The van der Waals surface area contributed by atoms with Gasteiger partial charge in [0.25, 0.3) is 0 Å². The minimum Gasteiger partial charge on any atom is -1.00 e. The van der Waals surface area contributed by atoms with Gasteiger partial charge in [-0.1, -0.05) is 25.0 Å². The van der Waals surface area contributed by atoms with Gasteiger partial charge in [0.15, 0.2) is 0 Å². The molecule has 0 amide bonds. The first kappa shape index (κ1) is 41.2. The average Bonchev–Trinajstić information content (AvgIpc) is 3.00. The maximum Gasteiger partial charge on any atom is 0.307 e. The lowest BCUT2D eigenvalue weighted by atomic mass is 9.78. The van der Waals surface area contributed by atoms with Crippen LogP contribution in [-0.4, -0.2) is 74.4 Å². The van der Waals surface area contributed by atoms with E-state index in [1.165, 1.54) is 0 Å². The molecule has 4 atom stereocenters. The summed E-state index contributed by atoms with van der Waals surface area (Å²) in [5.41, 5.74) is 1.13. The molecule has 1 aliphatic carbocycles. The van der Waals surface area contributed by atoms with Crippen LogP contribution in [0.5, 0.6) is 5.75 Å². The topological polar surface area (TPSA) is 118 Å². The number of esters is 4. The number of benzene rings is 1. The van der Waals surface area contributed by atoms with Crippen LogP contribution >= 0.6 is 0 Å². The van der Waals surface area contributed by atoms with Gasteiger partial charge in [0, 0.05) is 31.5 Å². The van der Waals surface area contributed by atoms with E-state index in [1.54, 1.807) is 7.11 Å². The molecule has 2 aliphatic rings. The number of piperidine rings is 1. The Morgan fingerprint density at radius 3 is 1.41 bits per heavy atom. The van der Waals surface area contributed by atoms with Gasteiger partial charge in [0.05, 0.1) is 46.4 Å². The SMILES string of the molecule is CCOC(=O)CC1CCCC(CC(=O)OCC)C1.CCOC(=O)CC1CCCC(CC(=O)OCC)N1Cc1ccc(OC)cc1.[Cl-]. The quantitative estimate of drug-likeness (QED) is 0.204. The predicted octanol–water partition coefficient (Wildman–Crippen LogP) is 3.03. The normalized spacial score (nSPS) is 21.0. The molecule has 10 nitrogen and oxygen atoms in total. The minimum atomic E-state index is -0.181. The lowest BCUT2D eigenvalue weighted by molar-refractivity contribution is -0.148. The number of rotatable bonds is 15. The summed E-state index contributed by atoms with van der Waals surface area (Å²) >= 11 is 0. The van der Waals surface area contributed by atoms with Crippen LogP contribution < -0.4 is 17.1 Å². The number of hydrogen-bond acceptors (Lipinski definition) is 10. The third kappa shape index (κ3) is 15.6. The minimum absolute atomic E-state index is 0. The first-order chi connectivity index (χ1) is 21.7. The van der Waals surface area contributed by atoms with Gasteiger partial charge in [0.1, 0.15) is 5.75 Å². The molecule has 0 bridgehead atoms. The van der Waals surface area contributed by atoms with Gasteiger partial charge in [-0.3, -0.25) is 24.1 Å². The fourth-order valence-electron chi connectivity index (χ4n) is 6.37. The van der Waals surface area contributed by atoms with Crippen LogP contribution in [0.1, 0.15) is 104 Å². The largest absolute Gasteiger partial charge is 1.00 e. The Balaban J connectivity index is 0.000000487. The second-order valence-corrected chi connectivity index (χ2v) is 11.7. The van der Waals surface area contributed by atoms with Crippen molar-refractivity contribution < 1.29 is 55.3 Å². The number of carbonyl (C=O) groups excluding carboxylic acids is 4. The van der Waals surface area contributed by atoms with Gasteiger partial charge in [-0.25, -0.2) is 0 Å². The standard InChI is InChI=1S/C21H31NO5.C14H24O4.ClH/c1-4-26-20(23)13-17-7-6-8-18(14-21(24)27-5-2)22(17)15-16-9-11-19(25-3)12-10-16;1-3-17-13(15)9-11-6-5-7-12(8-11)10-14(16)18-4-2;/h9-12,17-18H,4-8,13-15H2,1-3H3;11-12H,3-10H2,1-2H3;1H/p-1. The van der Waals surface area contributed by atoms with Gasteiger partial charge in [-0.2, -0.15) is 0 Å². The van der Waals surface area contributed by atoms with Crippen LogP contribution in [0.4, 0.5) is 0 Å². The molecule has 1 aliphatic heterocycles. The monoisotopic (exact) mass is 668 g/mol. The molecule has 3 rings (SSSR count). The van der Waals surface area contributed by atoms with Crippen LogP contribution in [0.2, 0.25) is 0 Å². The van der Waals surface area contributed by atoms with Crippen molar-refractivity contribution in [3.8, 4) is 5.75 Å². The Bertz CT molecular complexity index is 981. The van der Waals surface area contributed by atoms with Crippen molar-refractivity contribution >= 4 is 23.9 Å². The van der Waals surface area contributed by atoms with Gasteiger partial charge in [-0.15, -0.1) is 0 Å². The van der Waals surface area contributed by atoms with Crippen molar-refractivity contribution in [1.29, 1.82) is 0 Å². The molecule has 1 aromatic rings. The molecule has 46 heavy (non-hydrogen) atoms. The fraction of sp³-hybridized carbons (Fsp3) is 0.714. The third-order valence-electron chi connectivity index (χ3n) is 8.36. The highest BCUT2D eigenvalue weighted by Gasteiger charge is 2.34. The van der Waals surface area contributed by atoms with E-state index in [4.69, 9.17) is 23.7 Å². The molecule has 0 N–H and O–H groups in total. The number of carbonyl (C=O) groups is 4. The smallest absolute Gasteiger partial charge is 0.307 e. The van der Waals surface area contributed by atoms with Crippen molar-refractivity contribution in [3.63, 3.8) is 0 Å². The highest BCUT2D eigenvalue weighted by atomic mass is 35.5. The molecule has 2 fully saturated rings. The summed E-state index contributed by atoms with van der Waals surface area (Å²) in [5, 5.41) is 0. The van der Waals surface area contributed by atoms with Gasteiger partial charge in [0.2, 0.25) is 0 Å². The maximum atomic E-state index is 12.1. The molecule has 11 heteroatoms. The van der Waals surface area contributed by atoms with Crippen LogP contribution in [0.25, 0.3) is 0 Å². The maximum absolute atomic E-state index is 12.1. The van der Waals surface area contributed by atoms with Crippen molar-refractivity contribution in [2.24, 2.45) is 11.8 Å². The van der Waals surface area contributed by atoms with Gasteiger partial charge in [-0.05, 0) is 89.3 Å². The van der Waals surface area contributed by atoms with E-state index in [2.05, 4.69) is 4.90 Å². The third-order valence-corrected chi connectivity index (χ3v) is 8.36. The second kappa shape index (κ2) is 23.5. The number of methoxy groups -OCH3 is 1. The Hall–Kier alpha value is -2.85. The Morgan fingerprint density at radius 1 is 0.630 bits per heavy atom. The number of ether oxygens (including phenoxy) is 5. The number of halogens is 1. The summed E-state index contributed by atoms with van der Waals surface area (Å²) in [7, 11) is 1.64. The first-order valence-electron chi connectivity index (χ1n) is 16.7. The van der Waals surface area contributed by atoms with E-state index in [0.29, 0.717) is 70.5 Å². The summed E-state index contributed by atoms with van der Waals surface area (Å²) < 4.78 is 25.5. The van der Waals surface area contributed by atoms with Crippen LogP contribution in [0, 0.1) is 11.8 Å². The van der Waals surface area contributed by atoms with Crippen molar-refractivity contribution in [1.82, 2.24) is 4.90 Å². The van der Waals surface area contributed by atoms with E-state index >= 15 is 0 Å². The molecule has 4 unspecified atom stereocenters. The van der Waals surface area contributed by atoms with Crippen LogP contribution in [-0.2, 0) is 44.7 Å². The number of likely N-dealkylation sites (tertiary alicyclic amines) is 1. The predicted molar refractivity (Wildman–Crippen MR) is 170 cm³/mol. The summed E-state index contributed by atoms with van der Waals surface area (Å²) in [6, 6.07) is 8.05. The molecule has 1 heterocycles. The molecule has 0 radical (unpaired) electrons. The highest BCUT2D eigenvalue weighted by Crippen LogP contribution is 2.33. The molecule has 1 saturated carbocycles. The van der Waals surface area contributed by atoms with Crippen molar-refractivity contribution in [3.05, 3.63) is 29.8 Å². The Labute approximate surface area is 281 Å². The second-order valence-electron chi connectivity index (χ2n) is 11.7. The number of hydrogen-bond donors (Lipinski definition) is 0. The average molecular weight is 669 g/mol. The van der Waals surface area contributed by atoms with Gasteiger partial charge < -0.3 is 36.1 Å². The molecule has 1 saturated heterocycles. The fourth-order valence-corrected chi connectivity index (χ4v) is 6.37. The lowest BCUT2D eigenvalue weighted by Crippen LogP contribution is -3.00. The zero-order chi connectivity index (χ0) is 33.0. The van der Waals surface area contributed by atoms with E-state index < -0.39 is 0 Å². The first-order valence-corrected chi connectivity index (χ1v) is 16.7. The summed E-state index contributed by atoms with van der Waals surface area (Å²) in [6.45, 7) is 9.61. The van der Waals surface area contributed by atoms with E-state index in [9.17, 15) is 19.2 Å². The molecule has 0 spiro atoms. The van der Waals surface area contributed by atoms with Crippen LogP contribution in [0.3, 0.4) is 0 Å². The van der Waals surface area contributed by atoms with E-state index in [0.717, 1.165) is 56.3 Å². The zero-order valence-electron chi connectivity index (χ0n) is 28.4.